The third kappa shape index (κ3) is 4.29. The van der Waals surface area contributed by atoms with Crippen LogP contribution in [-0.2, 0) is 0 Å². The van der Waals surface area contributed by atoms with Gasteiger partial charge in [0, 0.05) is 0 Å². The SMILES string of the molecule is C=CCC1CC(C)(C)CCC1CNCCC. The molecule has 1 heteroatoms. The van der Waals surface area contributed by atoms with Gasteiger partial charge in [0.05, 0.1) is 0 Å². The van der Waals surface area contributed by atoms with Crippen molar-refractivity contribution in [3.63, 3.8) is 0 Å². The van der Waals surface area contributed by atoms with Crippen molar-refractivity contribution in [2.24, 2.45) is 17.3 Å². The van der Waals surface area contributed by atoms with E-state index in [1.54, 1.807) is 0 Å². The molecule has 94 valence electrons. The van der Waals surface area contributed by atoms with Crippen LogP contribution in [0.15, 0.2) is 12.7 Å². The standard InChI is InChI=1S/C15H29N/c1-5-7-13-11-15(3,4)9-8-14(13)12-16-10-6-2/h5,13-14,16H,1,6-12H2,2-4H3. The van der Waals surface area contributed by atoms with E-state index in [-0.39, 0.29) is 0 Å². The summed E-state index contributed by atoms with van der Waals surface area (Å²) in [6.07, 6.45) is 8.70. The molecule has 0 spiro atoms. The fourth-order valence-electron chi connectivity index (χ4n) is 3.01. The maximum absolute atomic E-state index is 3.91. The van der Waals surface area contributed by atoms with Crippen molar-refractivity contribution in [1.82, 2.24) is 5.32 Å². The van der Waals surface area contributed by atoms with Crippen LogP contribution in [0.5, 0.6) is 0 Å². The minimum atomic E-state index is 0.551. The smallest absolute Gasteiger partial charge is 0.00178 e. The van der Waals surface area contributed by atoms with E-state index >= 15 is 0 Å². The first-order valence-corrected chi connectivity index (χ1v) is 6.90. The largest absolute Gasteiger partial charge is 0.316 e. The lowest BCUT2D eigenvalue weighted by Crippen LogP contribution is -2.36. The zero-order valence-corrected chi connectivity index (χ0v) is 11.4. The van der Waals surface area contributed by atoms with Gasteiger partial charge < -0.3 is 5.32 Å². The highest BCUT2D eigenvalue weighted by molar-refractivity contribution is 4.89. The van der Waals surface area contributed by atoms with Crippen LogP contribution in [-0.4, -0.2) is 13.1 Å². The monoisotopic (exact) mass is 223 g/mol. The van der Waals surface area contributed by atoms with E-state index in [9.17, 15) is 0 Å². The number of hydrogen-bond donors (Lipinski definition) is 1. The Morgan fingerprint density at radius 3 is 2.75 bits per heavy atom. The zero-order valence-electron chi connectivity index (χ0n) is 11.4. The second-order valence-corrected chi connectivity index (χ2v) is 6.16. The molecule has 0 aromatic rings. The van der Waals surface area contributed by atoms with E-state index in [0.29, 0.717) is 5.41 Å². The molecule has 0 amide bonds. The van der Waals surface area contributed by atoms with Gasteiger partial charge in [-0.25, -0.2) is 0 Å². The zero-order chi connectivity index (χ0) is 12.0. The second-order valence-electron chi connectivity index (χ2n) is 6.16. The van der Waals surface area contributed by atoms with Crippen LogP contribution in [0.3, 0.4) is 0 Å². The molecule has 1 aliphatic rings. The summed E-state index contributed by atoms with van der Waals surface area (Å²) in [5, 5.41) is 3.59. The third-order valence-corrected chi connectivity index (χ3v) is 3.98. The maximum Gasteiger partial charge on any atom is -0.00178 e. The number of nitrogens with one attached hydrogen (secondary N) is 1. The van der Waals surface area contributed by atoms with E-state index in [0.717, 1.165) is 11.8 Å². The number of allylic oxidation sites excluding steroid dienone is 1. The van der Waals surface area contributed by atoms with Gasteiger partial charge in [-0.2, -0.15) is 0 Å². The van der Waals surface area contributed by atoms with E-state index in [1.165, 1.54) is 45.2 Å². The van der Waals surface area contributed by atoms with Crippen molar-refractivity contribution < 1.29 is 0 Å². The Hall–Kier alpha value is -0.300. The van der Waals surface area contributed by atoms with Crippen molar-refractivity contribution >= 4 is 0 Å². The molecule has 1 N–H and O–H groups in total. The van der Waals surface area contributed by atoms with Crippen molar-refractivity contribution in [2.45, 2.75) is 52.9 Å². The highest BCUT2D eigenvalue weighted by atomic mass is 14.9. The predicted octanol–water partition coefficient (Wildman–Crippen LogP) is 4.00. The van der Waals surface area contributed by atoms with Gasteiger partial charge in [-0.3, -0.25) is 0 Å². The molecule has 2 atom stereocenters. The fourth-order valence-corrected chi connectivity index (χ4v) is 3.01. The van der Waals surface area contributed by atoms with Gasteiger partial charge in [0.15, 0.2) is 0 Å². The summed E-state index contributed by atoms with van der Waals surface area (Å²) in [6.45, 7) is 13.4. The lowest BCUT2D eigenvalue weighted by Gasteiger charge is -2.40. The molecular weight excluding hydrogens is 194 g/mol. The third-order valence-electron chi connectivity index (χ3n) is 3.98. The van der Waals surface area contributed by atoms with Crippen molar-refractivity contribution in [3.8, 4) is 0 Å². The molecule has 0 saturated heterocycles. The lowest BCUT2D eigenvalue weighted by molar-refractivity contribution is 0.118. The minimum absolute atomic E-state index is 0.551. The fraction of sp³-hybridized carbons (Fsp3) is 0.867. The molecule has 0 bridgehead atoms. The Morgan fingerprint density at radius 2 is 2.12 bits per heavy atom. The molecular formula is C15H29N. The van der Waals surface area contributed by atoms with Gasteiger partial charge in [0.2, 0.25) is 0 Å². The summed E-state index contributed by atoms with van der Waals surface area (Å²) in [6, 6.07) is 0. The summed E-state index contributed by atoms with van der Waals surface area (Å²) in [5.41, 5.74) is 0.551. The first kappa shape index (κ1) is 13.8. The molecule has 0 heterocycles. The van der Waals surface area contributed by atoms with Crippen molar-refractivity contribution in [3.05, 3.63) is 12.7 Å². The number of hydrogen-bond acceptors (Lipinski definition) is 1. The van der Waals surface area contributed by atoms with Crippen LogP contribution in [0.25, 0.3) is 0 Å². The van der Waals surface area contributed by atoms with Gasteiger partial charge in [-0.05, 0) is 62.4 Å². The van der Waals surface area contributed by atoms with Crippen molar-refractivity contribution in [1.29, 1.82) is 0 Å². The molecule has 0 aromatic heterocycles. The van der Waals surface area contributed by atoms with Crippen LogP contribution in [0, 0.1) is 17.3 Å². The van der Waals surface area contributed by atoms with E-state index in [4.69, 9.17) is 0 Å². The highest BCUT2D eigenvalue weighted by Gasteiger charge is 2.33. The molecule has 1 fully saturated rings. The molecule has 2 unspecified atom stereocenters. The predicted molar refractivity (Wildman–Crippen MR) is 72.6 cm³/mol. The summed E-state index contributed by atoms with van der Waals surface area (Å²) in [5.74, 6) is 1.73. The van der Waals surface area contributed by atoms with E-state index < -0.39 is 0 Å². The molecule has 1 rings (SSSR count). The van der Waals surface area contributed by atoms with E-state index in [1.807, 2.05) is 0 Å². The van der Waals surface area contributed by atoms with Gasteiger partial charge in [-0.1, -0.05) is 26.8 Å². The second kappa shape index (κ2) is 6.44. The number of rotatable bonds is 6. The topological polar surface area (TPSA) is 12.0 Å². The first-order chi connectivity index (χ1) is 7.59. The molecule has 0 aliphatic heterocycles. The van der Waals surface area contributed by atoms with Gasteiger partial charge in [0.25, 0.3) is 0 Å². The Bertz CT molecular complexity index is 207. The quantitative estimate of drug-likeness (QED) is 0.530. The van der Waals surface area contributed by atoms with Crippen LogP contribution in [0.4, 0.5) is 0 Å². The Kier molecular flexibility index (Phi) is 5.54. The minimum Gasteiger partial charge on any atom is -0.316 e. The Balaban J connectivity index is 2.44. The van der Waals surface area contributed by atoms with E-state index in [2.05, 4.69) is 38.7 Å². The maximum atomic E-state index is 3.91. The average Bonchev–Trinajstić information content (AvgIpc) is 2.21. The molecule has 16 heavy (non-hydrogen) atoms. The van der Waals surface area contributed by atoms with Crippen molar-refractivity contribution in [2.75, 3.05) is 13.1 Å². The van der Waals surface area contributed by atoms with Gasteiger partial charge >= 0.3 is 0 Å². The van der Waals surface area contributed by atoms with Crippen LogP contribution in [0.2, 0.25) is 0 Å². The summed E-state index contributed by atoms with van der Waals surface area (Å²) in [7, 11) is 0. The highest BCUT2D eigenvalue weighted by Crippen LogP contribution is 2.43. The first-order valence-electron chi connectivity index (χ1n) is 6.90. The molecule has 1 nitrogen and oxygen atoms in total. The molecule has 0 radical (unpaired) electrons. The van der Waals surface area contributed by atoms with Crippen LogP contribution >= 0.6 is 0 Å². The average molecular weight is 223 g/mol. The Labute approximate surface area is 102 Å². The molecule has 1 aliphatic carbocycles. The summed E-state index contributed by atoms with van der Waals surface area (Å²) in [4.78, 5) is 0. The molecule has 0 aromatic carbocycles. The summed E-state index contributed by atoms with van der Waals surface area (Å²) < 4.78 is 0. The summed E-state index contributed by atoms with van der Waals surface area (Å²) >= 11 is 0. The van der Waals surface area contributed by atoms with Crippen LogP contribution in [0.1, 0.15) is 52.9 Å². The van der Waals surface area contributed by atoms with Gasteiger partial charge in [0.1, 0.15) is 0 Å². The molecule has 1 saturated carbocycles. The van der Waals surface area contributed by atoms with Gasteiger partial charge in [-0.15, -0.1) is 6.58 Å². The van der Waals surface area contributed by atoms with Crippen LogP contribution < -0.4 is 5.32 Å². The Morgan fingerprint density at radius 1 is 1.38 bits per heavy atom. The normalized spacial score (nSPS) is 28.9. The lowest BCUT2D eigenvalue weighted by atomic mass is 9.66.